The Balaban J connectivity index is 0.000000177. The fourth-order valence-electron chi connectivity index (χ4n) is 12.1. The van der Waals surface area contributed by atoms with Gasteiger partial charge in [-0.1, -0.05) is 236 Å². The van der Waals surface area contributed by atoms with Crippen molar-refractivity contribution in [3.05, 3.63) is 284 Å². The van der Waals surface area contributed by atoms with E-state index in [0.29, 0.717) is 0 Å². The predicted molar refractivity (Wildman–Crippen MR) is 473 cm³/mol. The van der Waals surface area contributed by atoms with Crippen molar-refractivity contribution in [2.75, 3.05) is 0 Å². The zero-order valence-corrected chi connectivity index (χ0v) is 76.4. The van der Waals surface area contributed by atoms with Gasteiger partial charge in [0.25, 0.3) is 0 Å². The molecule has 597 valence electrons. The van der Waals surface area contributed by atoms with Crippen LogP contribution >= 0.6 is 11.3 Å². The van der Waals surface area contributed by atoms with Gasteiger partial charge in [-0.15, -0.1) is 40.8 Å². The summed E-state index contributed by atoms with van der Waals surface area (Å²) >= 11 is 1.68. The zero-order chi connectivity index (χ0) is 80.8. The van der Waals surface area contributed by atoms with E-state index in [1.54, 1.807) is 11.3 Å². The molecule has 10 aromatic carbocycles. The Bertz CT molecular complexity index is 5910. The predicted octanol–water partition coefficient (Wildman–Crippen LogP) is 27.6. The zero-order valence-electron chi connectivity index (χ0n) is 68.4. The SMILES string of the molecule is CC(C)(C)C(=[OH+])C=C(O)C(C)(C)C.CC(C)(C)C(=[OH+])C=C(O)C(C)(C)C.CC(C)(C)C(=[OH+])C=C(O)C(C)(C)C.[Ir].[Ir].[Ir].[c-]1c(-c2nccc3c2ccc2ccccc23)ccc2c1oc1ccccc12.[c-]1cc2c(cc1-c1nccc3c1ccc1ccccc13)oc1ccccc12.[c-]1ccsc1-c1nccc2c1ccc1ccccc12. The van der Waals surface area contributed by atoms with Gasteiger partial charge in [0.05, 0.1) is 45.6 Å². The number of allylic oxidation sites excluding steroid dienone is 6. The molecule has 0 aliphatic heterocycles. The summed E-state index contributed by atoms with van der Waals surface area (Å²) in [5, 5.41) is 49.8. The molecular formula is C100H101Ir3N3O8S. The number of pyridine rings is 3. The van der Waals surface area contributed by atoms with Crippen LogP contribution in [0.2, 0.25) is 0 Å². The second-order valence-corrected chi connectivity index (χ2v) is 35.1. The number of para-hydroxylation sites is 2. The normalized spacial score (nSPS) is 12.2. The topological polar surface area (TPSA) is 190 Å². The monoisotopic (exact) mass is 2080 g/mol. The van der Waals surface area contributed by atoms with Crippen molar-refractivity contribution in [2.45, 2.75) is 125 Å². The van der Waals surface area contributed by atoms with Crippen LogP contribution in [0.3, 0.4) is 0 Å². The molecule has 0 fully saturated rings. The Morgan fingerprint density at radius 1 is 0.339 bits per heavy atom. The van der Waals surface area contributed by atoms with Crippen LogP contribution < -0.4 is 0 Å². The van der Waals surface area contributed by atoms with Crippen LogP contribution in [0.25, 0.3) is 142 Å². The molecule has 0 atom stereocenters. The van der Waals surface area contributed by atoms with Crippen LogP contribution in [0.4, 0.5) is 0 Å². The average Bonchev–Trinajstić information content (AvgIpc) is 1.63. The molecule has 0 aliphatic carbocycles. The second kappa shape index (κ2) is 37.4. The first-order valence-corrected chi connectivity index (χ1v) is 38.6. The van der Waals surface area contributed by atoms with E-state index >= 15 is 0 Å². The molecule has 0 bridgehead atoms. The van der Waals surface area contributed by atoms with E-state index in [-0.39, 0.29) is 127 Å². The summed E-state index contributed by atoms with van der Waals surface area (Å²) in [6.45, 7) is 34.2. The summed E-state index contributed by atoms with van der Waals surface area (Å²) in [5.41, 5.74) is 6.37. The molecule has 16 rings (SSSR count). The van der Waals surface area contributed by atoms with Crippen LogP contribution in [0, 0.1) is 50.7 Å². The van der Waals surface area contributed by atoms with Gasteiger partial charge in [-0.05, 0) is 185 Å². The van der Waals surface area contributed by atoms with E-state index in [1.807, 2.05) is 203 Å². The van der Waals surface area contributed by atoms with Crippen molar-refractivity contribution in [1.82, 2.24) is 15.0 Å². The molecule has 16 aromatic rings. The summed E-state index contributed by atoms with van der Waals surface area (Å²) < 4.78 is 12.1. The van der Waals surface area contributed by atoms with Gasteiger partial charge in [0.15, 0.2) is 0 Å². The maximum Gasteiger partial charge on any atom is 0.325 e. The van der Waals surface area contributed by atoms with Crippen LogP contribution in [0.15, 0.2) is 275 Å². The van der Waals surface area contributed by atoms with E-state index in [9.17, 15) is 29.7 Å². The minimum Gasteiger partial charge on any atom is -0.511 e. The molecule has 6 heterocycles. The van der Waals surface area contributed by atoms with Gasteiger partial charge < -0.3 is 39.1 Å². The number of nitrogens with zero attached hydrogens (tertiary/aromatic N) is 3. The Labute approximate surface area is 719 Å². The maximum absolute atomic E-state index is 9.60. The number of carbonyl (C=O) groups excluding carboxylic acids is 3. The number of hydrogen-bond acceptors (Lipinski definition) is 9. The third-order valence-corrected chi connectivity index (χ3v) is 20.1. The molecule has 0 saturated heterocycles. The molecule has 6 aromatic heterocycles. The number of fused-ring (bicyclic) bond motifs is 15. The summed E-state index contributed by atoms with van der Waals surface area (Å²) in [7, 11) is 0. The summed E-state index contributed by atoms with van der Waals surface area (Å²) in [4.78, 5) is 43.8. The standard InChI is InChI=1S/2C25H14NO.C17H10NS.3C11H20O2.3Ir/c2*1-2-6-18-16(5-1)9-12-22-19(18)13-14-26-25(22)17-10-11-21-20-7-3-4-8-23(20)27-24(21)15-17;1-2-5-13-12(4-1)7-8-15-14(13)9-10-18-17(15)16-6-3-11-19-16;3*1-10(2,3)8(12)7-9(13)11(4,5)6;;;/h1-9,11-15H;1-14H;1-5,7-11H;3*7,12H,1-6H3;;;/q3*-1;;;;;;/p+3. The van der Waals surface area contributed by atoms with Gasteiger partial charge in [0.2, 0.25) is 0 Å². The van der Waals surface area contributed by atoms with Crippen LogP contribution in [-0.2, 0) is 60.3 Å². The largest absolute Gasteiger partial charge is 0.511 e. The van der Waals surface area contributed by atoms with Gasteiger partial charge in [-0.2, -0.15) is 12.1 Å². The molecule has 0 saturated carbocycles. The van der Waals surface area contributed by atoms with Gasteiger partial charge in [0.1, 0.15) is 28.4 Å². The molecule has 15 heteroatoms. The van der Waals surface area contributed by atoms with Crippen molar-refractivity contribution in [3.63, 3.8) is 0 Å². The van der Waals surface area contributed by atoms with Gasteiger partial charge in [-0.25, -0.2) is 11.3 Å². The summed E-state index contributed by atoms with van der Waals surface area (Å²) in [6.07, 6.45) is 9.97. The minimum absolute atomic E-state index is 0. The second-order valence-electron chi connectivity index (χ2n) is 34.2. The molecule has 3 radical (unpaired) electrons. The molecular weight excluding hydrogens is 1980 g/mol. The van der Waals surface area contributed by atoms with E-state index in [2.05, 4.69) is 185 Å². The van der Waals surface area contributed by atoms with Crippen LogP contribution in [-0.4, -0.2) is 62.0 Å². The fourth-order valence-corrected chi connectivity index (χ4v) is 12.8. The Morgan fingerprint density at radius 2 is 0.687 bits per heavy atom. The number of hydrogen-bond donors (Lipinski definition) is 3. The van der Waals surface area contributed by atoms with Crippen molar-refractivity contribution >= 4 is 137 Å². The average molecular weight is 2080 g/mol. The number of benzene rings is 10. The Morgan fingerprint density at radius 3 is 1.08 bits per heavy atom. The fraction of sp³-hybridized carbons (Fsp3) is 0.240. The van der Waals surface area contributed by atoms with Crippen molar-refractivity contribution in [2.24, 2.45) is 32.5 Å². The number of rotatable bonds is 6. The Hall–Kier alpha value is -9.91. The van der Waals surface area contributed by atoms with Gasteiger partial charge in [-0.3, -0.25) is 14.4 Å². The van der Waals surface area contributed by atoms with E-state index < -0.39 is 0 Å². The van der Waals surface area contributed by atoms with Crippen molar-refractivity contribution < 1.29 is 98.9 Å². The quantitative estimate of drug-likeness (QED) is 0.0482. The number of furan rings is 2. The number of aliphatic hydroxyl groups excluding tert-OH is 3. The first kappa shape index (κ1) is 90.6. The van der Waals surface area contributed by atoms with Crippen molar-refractivity contribution in [1.29, 1.82) is 0 Å². The molecule has 11 nitrogen and oxygen atoms in total. The third-order valence-electron chi connectivity index (χ3n) is 19.2. The van der Waals surface area contributed by atoms with Crippen LogP contribution in [0.1, 0.15) is 125 Å². The summed E-state index contributed by atoms with van der Waals surface area (Å²) in [6, 6.07) is 81.1. The Kier molecular flexibility index (Phi) is 29.4. The maximum atomic E-state index is 9.60. The van der Waals surface area contributed by atoms with E-state index in [4.69, 9.17) is 8.83 Å². The molecule has 0 amide bonds. The number of aliphatic hydroxyl groups is 3. The number of aromatic nitrogens is 3. The van der Waals surface area contributed by atoms with Gasteiger partial charge in [0, 0.05) is 95.2 Å². The number of thiophene rings is 1. The number of ketones is 3. The smallest absolute Gasteiger partial charge is 0.325 e. The van der Waals surface area contributed by atoms with E-state index in [0.717, 1.165) is 87.7 Å². The minimum atomic E-state index is -0.306. The molecule has 0 unspecified atom stereocenters. The summed E-state index contributed by atoms with van der Waals surface area (Å²) in [5.74, 6) is 1.25. The molecule has 6 N–H and O–H groups in total. The molecule has 115 heavy (non-hydrogen) atoms. The first-order chi connectivity index (χ1) is 52.8. The van der Waals surface area contributed by atoms with Gasteiger partial charge >= 0.3 is 17.3 Å². The third kappa shape index (κ3) is 21.8. The molecule has 0 aliphatic rings. The molecule has 0 spiro atoms. The van der Waals surface area contributed by atoms with E-state index in [1.165, 1.54) is 72.1 Å². The van der Waals surface area contributed by atoms with Crippen LogP contribution in [0.5, 0.6) is 0 Å². The van der Waals surface area contributed by atoms with Crippen molar-refractivity contribution in [3.8, 4) is 33.1 Å². The first-order valence-electron chi connectivity index (χ1n) is 37.7.